The molecule has 84 valence electrons. The molecule has 0 aliphatic rings. The van der Waals surface area contributed by atoms with Crippen molar-refractivity contribution in [2.45, 2.75) is 13.0 Å². The summed E-state index contributed by atoms with van der Waals surface area (Å²) in [5.41, 5.74) is 7.37. The number of nitrogens with two attached hydrogens (primary N) is 1. The highest BCUT2D eigenvalue weighted by molar-refractivity contribution is 7.10. The van der Waals surface area contributed by atoms with Crippen LogP contribution in [0.1, 0.15) is 17.8 Å². The zero-order chi connectivity index (χ0) is 11.5. The van der Waals surface area contributed by atoms with Gasteiger partial charge >= 0.3 is 0 Å². The Morgan fingerprint density at radius 2 is 2.12 bits per heavy atom. The van der Waals surface area contributed by atoms with Gasteiger partial charge in [-0.1, -0.05) is 23.7 Å². The van der Waals surface area contributed by atoms with Crippen molar-refractivity contribution in [3.05, 3.63) is 45.6 Å². The van der Waals surface area contributed by atoms with E-state index in [9.17, 15) is 0 Å². The van der Waals surface area contributed by atoms with Crippen molar-refractivity contribution in [2.75, 3.05) is 11.1 Å². The van der Waals surface area contributed by atoms with Crippen molar-refractivity contribution in [3.8, 4) is 0 Å². The zero-order valence-corrected chi connectivity index (χ0v) is 10.5. The minimum Gasteiger partial charge on any atom is -0.397 e. The predicted octanol–water partition coefficient (Wildman–Crippen LogP) is 4.16. The molecule has 1 heterocycles. The lowest BCUT2D eigenvalue weighted by Gasteiger charge is -2.16. The molecular weight excluding hydrogens is 240 g/mol. The van der Waals surface area contributed by atoms with Crippen LogP contribution in [0.25, 0.3) is 0 Å². The Labute approximate surface area is 104 Å². The molecule has 1 atom stereocenters. The molecular formula is C12H13ClN2S. The van der Waals surface area contributed by atoms with E-state index in [1.54, 1.807) is 11.3 Å². The first-order valence-corrected chi connectivity index (χ1v) is 6.28. The summed E-state index contributed by atoms with van der Waals surface area (Å²) in [6, 6.07) is 9.86. The van der Waals surface area contributed by atoms with Gasteiger partial charge in [0, 0.05) is 4.88 Å². The van der Waals surface area contributed by atoms with Crippen LogP contribution in [0.5, 0.6) is 0 Å². The molecule has 1 unspecified atom stereocenters. The van der Waals surface area contributed by atoms with Crippen LogP contribution >= 0.6 is 22.9 Å². The van der Waals surface area contributed by atoms with E-state index < -0.39 is 0 Å². The molecule has 3 N–H and O–H groups in total. The Bertz CT molecular complexity index is 448. The standard InChI is InChI=1S/C12H13ClN2S/c1-8(11-6-3-7-16-11)15-12-9(13)4-2-5-10(12)14/h2-8,15H,14H2,1H3. The van der Waals surface area contributed by atoms with E-state index in [1.165, 1.54) is 4.88 Å². The summed E-state index contributed by atoms with van der Waals surface area (Å²) in [7, 11) is 0. The van der Waals surface area contributed by atoms with Crippen molar-refractivity contribution >= 4 is 34.3 Å². The van der Waals surface area contributed by atoms with E-state index in [0.717, 1.165) is 5.69 Å². The van der Waals surface area contributed by atoms with Gasteiger partial charge in [0.2, 0.25) is 0 Å². The monoisotopic (exact) mass is 252 g/mol. The van der Waals surface area contributed by atoms with Crippen molar-refractivity contribution in [3.63, 3.8) is 0 Å². The third-order valence-corrected chi connectivity index (χ3v) is 3.75. The Balaban J connectivity index is 2.21. The average molecular weight is 253 g/mol. The number of benzene rings is 1. The molecule has 0 aliphatic heterocycles. The van der Waals surface area contributed by atoms with Gasteiger partial charge in [-0.25, -0.2) is 0 Å². The fourth-order valence-corrected chi connectivity index (χ4v) is 2.49. The van der Waals surface area contributed by atoms with E-state index in [-0.39, 0.29) is 6.04 Å². The number of nitrogen functional groups attached to an aromatic ring is 1. The predicted molar refractivity (Wildman–Crippen MR) is 72.2 cm³/mol. The molecule has 2 nitrogen and oxygen atoms in total. The number of nitrogens with one attached hydrogen (secondary N) is 1. The van der Waals surface area contributed by atoms with Gasteiger partial charge in [-0.2, -0.15) is 0 Å². The Hall–Kier alpha value is -1.19. The van der Waals surface area contributed by atoms with Gasteiger partial charge in [0.1, 0.15) is 0 Å². The molecule has 1 aromatic heterocycles. The summed E-state index contributed by atoms with van der Waals surface area (Å²) in [6.45, 7) is 2.09. The largest absolute Gasteiger partial charge is 0.397 e. The normalized spacial score (nSPS) is 12.4. The molecule has 0 radical (unpaired) electrons. The first kappa shape index (κ1) is 11.3. The van der Waals surface area contributed by atoms with Gasteiger partial charge in [-0.15, -0.1) is 11.3 Å². The van der Waals surface area contributed by atoms with Crippen LogP contribution in [0.4, 0.5) is 11.4 Å². The van der Waals surface area contributed by atoms with Crippen LogP contribution in [0.2, 0.25) is 5.02 Å². The molecule has 1 aromatic carbocycles. The van der Waals surface area contributed by atoms with Crippen LogP contribution in [0, 0.1) is 0 Å². The number of anilines is 2. The molecule has 0 bridgehead atoms. The smallest absolute Gasteiger partial charge is 0.0768 e. The van der Waals surface area contributed by atoms with Crippen LogP contribution in [-0.2, 0) is 0 Å². The van der Waals surface area contributed by atoms with E-state index >= 15 is 0 Å². The fourth-order valence-electron chi connectivity index (χ4n) is 1.52. The van der Waals surface area contributed by atoms with Gasteiger partial charge in [0.15, 0.2) is 0 Å². The van der Waals surface area contributed by atoms with Gasteiger partial charge in [-0.05, 0) is 30.5 Å². The molecule has 0 aliphatic carbocycles. The summed E-state index contributed by atoms with van der Waals surface area (Å²) in [5.74, 6) is 0. The van der Waals surface area contributed by atoms with Crippen molar-refractivity contribution in [2.24, 2.45) is 0 Å². The minimum absolute atomic E-state index is 0.210. The average Bonchev–Trinajstić information content (AvgIpc) is 2.76. The summed E-state index contributed by atoms with van der Waals surface area (Å²) in [4.78, 5) is 1.26. The number of hydrogen-bond acceptors (Lipinski definition) is 3. The second kappa shape index (κ2) is 4.76. The first-order valence-electron chi connectivity index (χ1n) is 5.02. The summed E-state index contributed by atoms with van der Waals surface area (Å²) < 4.78 is 0. The Morgan fingerprint density at radius 3 is 2.75 bits per heavy atom. The SMILES string of the molecule is CC(Nc1c(N)cccc1Cl)c1cccs1. The molecule has 0 fully saturated rings. The summed E-state index contributed by atoms with van der Waals surface area (Å²) in [6.07, 6.45) is 0. The van der Waals surface area contributed by atoms with Crippen molar-refractivity contribution in [1.82, 2.24) is 0 Å². The fraction of sp³-hybridized carbons (Fsp3) is 0.167. The molecule has 4 heteroatoms. The van der Waals surface area contributed by atoms with Crippen molar-refractivity contribution in [1.29, 1.82) is 0 Å². The molecule has 0 spiro atoms. The lowest BCUT2D eigenvalue weighted by Crippen LogP contribution is -2.07. The summed E-state index contributed by atoms with van der Waals surface area (Å²) in [5, 5.41) is 6.05. The molecule has 0 saturated heterocycles. The highest BCUT2D eigenvalue weighted by atomic mass is 35.5. The number of thiophene rings is 1. The quantitative estimate of drug-likeness (QED) is 0.805. The van der Waals surface area contributed by atoms with E-state index in [4.69, 9.17) is 17.3 Å². The van der Waals surface area contributed by atoms with Crippen LogP contribution in [-0.4, -0.2) is 0 Å². The molecule has 16 heavy (non-hydrogen) atoms. The van der Waals surface area contributed by atoms with Crippen molar-refractivity contribution < 1.29 is 0 Å². The lowest BCUT2D eigenvalue weighted by atomic mass is 10.2. The lowest BCUT2D eigenvalue weighted by molar-refractivity contribution is 0.909. The third-order valence-electron chi connectivity index (χ3n) is 2.38. The van der Waals surface area contributed by atoms with Crippen LogP contribution in [0.3, 0.4) is 0 Å². The molecule has 0 saturated carbocycles. The van der Waals surface area contributed by atoms with Gasteiger partial charge in [0.25, 0.3) is 0 Å². The topological polar surface area (TPSA) is 38.0 Å². The third kappa shape index (κ3) is 2.31. The maximum absolute atomic E-state index is 6.10. The number of para-hydroxylation sites is 1. The van der Waals surface area contributed by atoms with Crippen LogP contribution < -0.4 is 11.1 Å². The molecule has 2 rings (SSSR count). The Kier molecular flexibility index (Phi) is 3.36. The summed E-state index contributed by atoms with van der Waals surface area (Å²) >= 11 is 7.81. The number of hydrogen-bond donors (Lipinski definition) is 2. The number of halogens is 1. The zero-order valence-electron chi connectivity index (χ0n) is 8.91. The van der Waals surface area contributed by atoms with E-state index in [1.807, 2.05) is 24.3 Å². The van der Waals surface area contributed by atoms with Gasteiger partial charge in [-0.3, -0.25) is 0 Å². The van der Waals surface area contributed by atoms with E-state index in [2.05, 4.69) is 23.7 Å². The molecule has 0 amide bonds. The molecule has 2 aromatic rings. The number of rotatable bonds is 3. The highest BCUT2D eigenvalue weighted by Crippen LogP contribution is 2.32. The maximum atomic E-state index is 6.10. The Morgan fingerprint density at radius 1 is 1.31 bits per heavy atom. The minimum atomic E-state index is 0.210. The first-order chi connectivity index (χ1) is 7.68. The van der Waals surface area contributed by atoms with Gasteiger partial charge in [0.05, 0.1) is 22.4 Å². The second-order valence-corrected chi connectivity index (χ2v) is 4.97. The van der Waals surface area contributed by atoms with Gasteiger partial charge < -0.3 is 11.1 Å². The highest BCUT2D eigenvalue weighted by Gasteiger charge is 2.10. The van der Waals surface area contributed by atoms with E-state index in [0.29, 0.717) is 10.7 Å². The van der Waals surface area contributed by atoms with Crippen LogP contribution in [0.15, 0.2) is 35.7 Å². The maximum Gasteiger partial charge on any atom is 0.0768 e. The second-order valence-electron chi connectivity index (χ2n) is 3.59.